The second-order valence-corrected chi connectivity index (χ2v) is 5.21. The fourth-order valence-electron chi connectivity index (χ4n) is 2.43. The number of carbonyl (C=O) groups is 2. The van der Waals surface area contributed by atoms with Crippen LogP contribution in [-0.2, 0) is 14.3 Å². The Hall–Kier alpha value is -1.98. The van der Waals surface area contributed by atoms with E-state index >= 15 is 0 Å². The zero-order valence-corrected chi connectivity index (χ0v) is 12.1. The standard InChI is InChI=1S/C15H21N3O3/c19-13(12-5-2-1-3-6-12)11-21-14(20)7-10-18-15-16-8-4-9-17-15/h4,8-9,12H,1-3,5-7,10-11H2,(H,16,17,18). The predicted octanol–water partition coefficient (Wildman–Crippen LogP) is 1.97. The van der Waals surface area contributed by atoms with Gasteiger partial charge in [-0.25, -0.2) is 9.97 Å². The molecule has 0 atom stereocenters. The lowest BCUT2D eigenvalue weighted by Crippen LogP contribution is -2.24. The van der Waals surface area contributed by atoms with Gasteiger partial charge in [0.15, 0.2) is 5.78 Å². The Morgan fingerprint density at radius 3 is 2.62 bits per heavy atom. The summed E-state index contributed by atoms with van der Waals surface area (Å²) in [4.78, 5) is 31.4. The van der Waals surface area contributed by atoms with E-state index in [4.69, 9.17) is 4.74 Å². The van der Waals surface area contributed by atoms with E-state index in [1.54, 1.807) is 18.5 Å². The van der Waals surface area contributed by atoms with Gasteiger partial charge in [0, 0.05) is 24.9 Å². The van der Waals surface area contributed by atoms with Gasteiger partial charge in [0.25, 0.3) is 0 Å². The Morgan fingerprint density at radius 1 is 1.19 bits per heavy atom. The van der Waals surface area contributed by atoms with Gasteiger partial charge >= 0.3 is 5.97 Å². The average Bonchev–Trinajstić information content (AvgIpc) is 2.54. The lowest BCUT2D eigenvalue weighted by Gasteiger charge is -2.19. The van der Waals surface area contributed by atoms with Crippen LogP contribution < -0.4 is 5.32 Å². The minimum Gasteiger partial charge on any atom is -0.458 e. The normalized spacial score (nSPS) is 15.4. The van der Waals surface area contributed by atoms with Gasteiger partial charge in [0.1, 0.15) is 6.61 Å². The summed E-state index contributed by atoms with van der Waals surface area (Å²) in [5.41, 5.74) is 0. The number of nitrogens with zero attached hydrogens (tertiary/aromatic N) is 2. The first kappa shape index (κ1) is 15.4. The highest BCUT2D eigenvalue weighted by atomic mass is 16.5. The SMILES string of the molecule is O=C(CCNc1ncccn1)OCC(=O)C1CCCCC1. The monoisotopic (exact) mass is 291 g/mol. The van der Waals surface area contributed by atoms with Gasteiger partial charge in [0.05, 0.1) is 6.42 Å². The average molecular weight is 291 g/mol. The summed E-state index contributed by atoms with van der Waals surface area (Å²) in [6.45, 7) is 0.297. The van der Waals surface area contributed by atoms with E-state index in [1.807, 2.05) is 0 Å². The molecule has 0 aromatic carbocycles. The molecule has 1 aromatic heterocycles. The summed E-state index contributed by atoms with van der Waals surface area (Å²) >= 11 is 0. The van der Waals surface area contributed by atoms with Gasteiger partial charge in [-0.2, -0.15) is 0 Å². The Morgan fingerprint density at radius 2 is 1.90 bits per heavy atom. The molecule has 0 bridgehead atoms. The number of carbonyl (C=O) groups excluding carboxylic acids is 2. The van der Waals surface area contributed by atoms with Gasteiger partial charge < -0.3 is 10.1 Å². The van der Waals surface area contributed by atoms with Gasteiger partial charge in [-0.05, 0) is 18.9 Å². The minimum absolute atomic E-state index is 0.0578. The number of rotatable bonds is 7. The Balaban J connectivity index is 1.60. The zero-order valence-electron chi connectivity index (χ0n) is 12.1. The molecule has 1 aliphatic rings. The Kier molecular flexibility index (Phi) is 6.12. The number of hydrogen-bond donors (Lipinski definition) is 1. The predicted molar refractivity (Wildman–Crippen MR) is 77.7 cm³/mol. The van der Waals surface area contributed by atoms with Crippen molar-refractivity contribution in [2.45, 2.75) is 38.5 Å². The smallest absolute Gasteiger partial charge is 0.308 e. The first-order valence-electron chi connectivity index (χ1n) is 7.45. The third-order valence-corrected chi connectivity index (χ3v) is 3.61. The number of nitrogens with one attached hydrogen (secondary N) is 1. The number of aromatic nitrogens is 2. The quantitative estimate of drug-likeness (QED) is 0.774. The molecule has 0 aliphatic heterocycles. The second kappa shape index (κ2) is 8.34. The van der Waals surface area contributed by atoms with Gasteiger partial charge in [-0.15, -0.1) is 0 Å². The third-order valence-electron chi connectivity index (χ3n) is 3.61. The van der Waals surface area contributed by atoms with Crippen LogP contribution in [0.5, 0.6) is 0 Å². The lowest BCUT2D eigenvalue weighted by atomic mass is 9.86. The van der Waals surface area contributed by atoms with E-state index in [1.165, 1.54) is 6.42 Å². The minimum atomic E-state index is -0.373. The van der Waals surface area contributed by atoms with Gasteiger partial charge in [0.2, 0.25) is 5.95 Å². The number of esters is 1. The maximum absolute atomic E-state index is 11.9. The first-order valence-corrected chi connectivity index (χ1v) is 7.45. The summed E-state index contributed by atoms with van der Waals surface area (Å²) in [5.74, 6) is 0.246. The van der Waals surface area contributed by atoms with Gasteiger partial charge in [-0.1, -0.05) is 19.3 Å². The highest BCUT2D eigenvalue weighted by Gasteiger charge is 2.21. The van der Waals surface area contributed by atoms with Crippen LogP contribution in [0.2, 0.25) is 0 Å². The Bertz CT molecular complexity index is 458. The molecule has 114 valence electrons. The molecule has 1 saturated carbocycles. The molecule has 6 heteroatoms. The lowest BCUT2D eigenvalue weighted by molar-refractivity contribution is -0.149. The van der Waals surface area contributed by atoms with Crippen LogP contribution in [0.15, 0.2) is 18.5 Å². The number of hydrogen-bond acceptors (Lipinski definition) is 6. The van der Waals surface area contributed by atoms with Crippen molar-refractivity contribution in [3.05, 3.63) is 18.5 Å². The molecule has 0 amide bonds. The molecule has 6 nitrogen and oxygen atoms in total. The topological polar surface area (TPSA) is 81.2 Å². The molecular weight excluding hydrogens is 270 g/mol. The number of anilines is 1. The van der Waals surface area contributed by atoms with E-state index in [9.17, 15) is 9.59 Å². The fourth-order valence-corrected chi connectivity index (χ4v) is 2.43. The summed E-state index contributed by atoms with van der Waals surface area (Å²) in [7, 11) is 0. The van der Waals surface area contributed by atoms with E-state index < -0.39 is 0 Å². The van der Waals surface area contributed by atoms with Crippen molar-refractivity contribution in [3.63, 3.8) is 0 Å². The zero-order chi connectivity index (χ0) is 14.9. The third kappa shape index (κ3) is 5.49. The highest BCUT2D eigenvalue weighted by Crippen LogP contribution is 2.24. The van der Waals surface area contributed by atoms with Crippen molar-refractivity contribution in [2.24, 2.45) is 5.92 Å². The first-order chi connectivity index (χ1) is 10.3. The molecule has 0 saturated heterocycles. The number of ether oxygens (including phenoxy) is 1. The molecule has 1 heterocycles. The van der Waals surface area contributed by atoms with Crippen molar-refractivity contribution in [2.75, 3.05) is 18.5 Å². The van der Waals surface area contributed by atoms with Crippen LogP contribution in [0.1, 0.15) is 38.5 Å². The molecule has 0 spiro atoms. The van der Waals surface area contributed by atoms with Crippen LogP contribution in [-0.4, -0.2) is 34.9 Å². The van der Waals surface area contributed by atoms with Crippen molar-refractivity contribution in [1.29, 1.82) is 0 Å². The molecule has 1 aliphatic carbocycles. The molecular formula is C15H21N3O3. The van der Waals surface area contributed by atoms with Crippen LogP contribution in [0.25, 0.3) is 0 Å². The van der Waals surface area contributed by atoms with Crippen molar-refractivity contribution >= 4 is 17.7 Å². The Labute approximate surface area is 124 Å². The van der Waals surface area contributed by atoms with Crippen LogP contribution >= 0.6 is 0 Å². The van der Waals surface area contributed by atoms with E-state index in [0.717, 1.165) is 25.7 Å². The summed E-state index contributed by atoms with van der Waals surface area (Å²) in [5, 5.41) is 2.92. The van der Waals surface area contributed by atoms with Crippen molar-refractivity contribution in [1.82, 2.24) is 9.97 Å². The maximum Gasteiger partial charge on any atom is 0.308 e. The second-order valence-electron chi connectivity index (χ2n) is 5.21. The van der Waals surface area contributed by atoms with E-state index in [2.05, 4.69) is 15.3 Å². The van der Waals surface area contributed by atoms with E-state index in [0.29, 0.717) is 12.5 Å². The molecule has 1 aromatic rings. The van der Waals surface area contributed by atoms with E-state index in [-0.39, 0.29) is 30.7 Å². The van der Waals surface area contributed by atoms with Gasteiger partial charge in [-0.3, -0.25) is 9.59 Å². The van der Waals surface area contributed by atoms with Crippen molar-refractivity contribution < 1.29 is 14.3 Å². The molecule has 0 radical (unpaired) electrons. The molecule has 21 heavy (non-hydrogen) atoms. The number of ketones is 1. The molecule has 2 rings (SSSR count). The largest absolute Gasteiger partial charge is 0.458 e. The number of Topliss-reactive ketones (excluding diaryl/α,β-unsaturated/α-hetero) is 1. The maximum atomic E-state index is 11.9. The van der Waals surface area contributed by atoms with Crippen LogP contribution in [0.3, 0.4) is 0 Å². The molecule has 0 unspecified atom stereocenters. The summed E-state index contributed by atoms with van der Waals surface area (Å²) in [6, 6.07) is 1.72. The van der Waals surface area contributed by atoms with Crippen molar-refractivity contribution in [3.8, 4) is 0 Å². The van der Waals surface area contributed by atoms with Crippen LogP contribution in [0, 0.1) is 5.92 Å². The molecule has 1 N–H and O–H groups in total. The summed E-state index contributed by atoms with van der Waals surface area (Å²) in [6.07, 6.45) is 8.71. The molecule has 1 fully saturated rings. The summed E-state index contributed by atoms with van der Waals surface area (Å²) < 4.78 is 5.03. The highest BCUT2D eigenvalue weighted by molar-refractivity contribution is 5.84. The van der Waals surface area contributed by atoms with Crippen LogP contribution in [0.4, 0.5) is 5.95 Å². The fraction of sp³-hybridized carbons (Fsp3) is 0.600.